The highest BCUT2D eigenvalue weighted by molar-refractivity contribution is 9.09. The Labute approximate surface area is 510 Å². The summed E-state index contributed by atoms with van der Waals surface area (Å²) in [5, 5.41) is 52.5. The molecule has 26 nitrogen and oxygen atoms in total. The third-order valence-corrected chi connectivity index (χ3v) is 15.5. The Morgan fingerprint density at radius 3 is 1.44 bits per heavy atom. The average molecular weight is 1260 g/mol. The third kappa shape index (κ3) is 25.3. The molecular weight excluding hydrogens is 1160 g/mol. The van der Waals surface area contributed by atoms with E-state index in [1.54, 1.807) is 26.2 Å². The number of nitriles is 2. The number of esters is 2. The van der Waals surface area contributed by atoms with Crippen molar-refractivity contribution in [1.29, 1.82) is 10.5 Å². The molecule has 4 amide bonds. The van der Waals surface area contributed by atoms with Gasteiger partial charge < -0.3 is 64.8 Å². The Balaban J connectivity index is 0.000000953. The van der Waals surface area contributed by atoms with Gasteiger partial charge in [0.25, 0.3) is 0 Å². The minimum Gasteiger partial charge on any atom is -0.468 e. The highest BCUT2D eigenvalue weighted by Gasteiger charge is 2.43. The number of hydrogen-bond donors (Lipinski definition) is 6. The van der Waals surface area contributed by atoms with Crippen molar-refractivity contribution in [2.24, 2.45) is 0 Å². The number of aliphatic hydroxyl groups excluding tert-OH is 3. The fourth-order valence-electron chi connectivity index (χ4n) is 11.0. The number of halogens is 1. The second-order valence-corrected chi connectivity index (χ2v) is 20.7. The van der Waals surface area contributed by atoms with Gasteiger partial charge in [-0.1, -0.05) is 64.9 Å². The van der Waals surface area contributed by atoms with Crippen LogP contribution in [0.3, 0.4) is 0 Å². The highest BCUT2D eigenvalue weighted by Crippen LogP contribution is 2.26. The molecule has 10 aliphatic rings. The zero-order valence-electron chi connectivity index (χ0n) is 51.9. The van der Waals surface area contributed by atoms with Crippen molar-refractivity contribution in [2.75, 3.05) is 153 Å². The number of ether oxygens (including phenoxy) is 5. The molecule has 0 spiro atoms. The maximum absolute atomic E-state index is 11.9. The van der Waals surface area contributed by atoms with Gasteiger partial charge in [-0.25, -0.2) is 0 Å². The molecule has 10 heterocycles. The van der Waals surface area contributed by atoms with Crippen LogP contribution in [0.4, 0.5) is 0 Å². The van der Waals surface area contributed by atoms with Gasteiger partial charge in [-0.2, -0.15) is 10.5 Å². The number of nitrogens with zero attached hydrogens (tertiary/aromatic N) is 9. The number of nitrogens with one attached hydrogen (secondary N) is 3. The first-order valence-corrected chi connectivity index (χ1v) is 30.6. The highest BCUT2D eigenvalue weighted by atomic mass is 79.9. The number of methoxy groups -OCH3 is 5. The van der Waals surface area contributed by atoms with Crippen molar-refractivity contribution in [1.82, 2.24) is 50.2 Å². The monoisotopic (exact) mass is 1260 g/mol. The molecule has 12 atom stereocenters. The zero-order chi connectivity index (χ0) is 62.8. The second-order valence-electron chi connectivity index (χ2n) is 20.2. The molecule has 0 aliphatic carbocycles. The number of likely N-dealkylation sites (tertiary alicyclic amines) is 1. The van der Waals surface area contributed by atoms with E-state index in [0.717, 1.165) is 97.8 Å². The van der Waals surface area contributed by atoms with Gasteiger partial charge in [-0.15, -0.1) is 0 Å². The van der Waals surface area contributed by atoms with Crippen LogP contribution >= 0.6 is 15.9 Å². The molecule has 486 valence electrons. The predicted molar refractivity (Wildman–Crippen MR) is 322 cm³/mol. The van der Waals surface area contributed by atoms with Crippen LogP contribution in [0.1, 0.15) is 94.4 Å². The van der Waals surface area contributed by atoms with Gasteiger partial charge in [0, 0.05) is 139 Å². The summed E-state index contributed by atoms with van der Waals surface area (Å²) < 4.78 is 24.8. The van der Waals surface area contributed by atoms with Gasteiger partial charge in [0.15, 0.2) is 0 Å². The fraction of sp³-hybridized carbons (Fsp3) is 0.860. The van der Waals surface area contributed by atoms with Crippen LogP contribution in [0.15, 0.2) is 0 Å². The summed E-state index contributed by atoms with van der Waals surface area (Å²) in [4.78, 5) is 82.2. The number of fused-ring (bicyclic) bond motifs is 4. The van der Waals surface area contributed by atoms with E-state index >= 15 is 0 Å². The maximum atomic E-state index is 11.9. The average Bonchev–Trinajstić information content (AvgIpc) is 4.40. The standard InChI is InChI=1S/C10H18N2O2.C9H16N2O2.C8H12N2O3.C8H14N2O2.C7H12N2O2.C6H11NO3.C2H2BrN.3C2H6.CH4/c1-3-11-4-5-12-7-8(14-2)6-9(12)10(11)13;1-10-3-4-11-6-7(13-2)5-8(11)9(10)12;1-13-8(12)7-4-6(11)5-10(7)3-2-9;1-12-6-4-7-8(11)9-2-3-10(7)5-6;10-5-3-6-7(11)8-1-2-9(6)4-5;1-10-6(9)5-2-4(8)3-7-5;3-1-2-4;3*1-2;/h8-9H,3-7H2,1-2H3;7-8H,3-6H2,1-2H3;6-7,11H,3-5H2,1H3;6-7H,2-5H2,1H3,(H,9,11);5-6,10H,1-4H2,(H,8,11);4-5,7-8H,2-3H2,1H3;1H2;3*1-2H3;1H4. The molecule has 0 bridgehead atoms. The predicted octanol–water partition coefficient (Wildman–Crippen LogP) is -0.138. The van der Waals surface area contributed by atoms with Crippen molar-refractivity contribution in [3.05, 3.63) is 0 Å². The molecule has 6 N–H and O–H groups in total. The molecule has 0 aromatic heterocycles. The minimum atomic E-state index is -0.530. The van der Waals surface area contributed by atoms with Gasteiger partial charge in [0.2, 0.25) is 23.6 Å². The van der Waals surface area contributed by atoms with Crippen LogP contribution in [-0.2, 0) is 52.5 Å². The Kier molecular flexibility index (Phi) is 42.1. The normalized spacial score (nSPS) is 29.9. The fourth-order valence-corrected chi connectivity index (χ4v) is 11.0. The van der Waals surface area contributed by atoms with E-state index in [-0.39, 0.29) is 98.3 Å². The van der Waals surface area contributed by atoms with E-state index in [2.05, 4.69) is 56.1 Å². The number of carbonyl (C=O) groups is 6. The van der Waals surface area contributed by atoms with E-state index in [4.69, 9.17) is 29.8 Å². The topological polar surface area (TPSA) is 316 Å². The van der Waals surface area contributed by atoms with Crippen molar-refractivity contribution in [3.63, 3.8) is 0 Å². The third-order valence-electron chi connectivity index (χ3n) is 15.3. The molecule has 0 aromatic rings. The van der Waals surface area contributed by atoms with Gasteiger partial charge >= 0.3 is 11.9 Å². The number of aliphatic hydroxyl groups is 3. The summed E-state index contributed by atoms with van der Waals surface area (Å²) in [6.07, 6.45) is 3.52. The van der Waals surface area contributed by atoms with Crippen LogP contribution in [0.2, 0.25) is 0 Å². The summed E-state index contributed by atoms with van der Waals surface area (Å²) in [5.41, 5.74) is 0. The Morgan fingerprint density at radius 1 is 0.583 bits per heavy atom. The number of alkyl halides is 1. The van der Waals surface area contributed by atoms with Gasteiger partial charge in [-0.3, -0.25) is 53.3 Å². The summed E-state index contributed by atoms with van der Waals surface area (Å²) in [6.45, 7) is 26.4. The Bertz CT molecular complexity index is 1990. The lowest BCUT2D eigenvalue weighted by atomic mass is 10.1. The number of rotatable bonds is 7. The Hall–Kier alpha value is -4.20. The molecule has 27 heteroatoms. The SMILES string of the molecule is C.CC.CC.CC.CCN1CCN2CC(OC)CC2C1=O.COC(=O)C1CC(O)CN1.COC(=O)C1CC(O)CN1CC#N.COC1CC2C(=O)N(C)CCN2C1.COC1CC2C(=O)NCCN2C1.N#CCBr.O=C1NCCN2CC(O)CC12. The number of amides is 4. The lowest BCUT2D eigenvalue weighted by Gasteiger charge is -2.35. The molecule has 12 unspecified atom stereocenters. The maximum Gasteiger partial charge on any atom is 0.323 e. The molecule has 0 aromatic carbocycles. The molecule has 84 heavy (non-hydrogen) atoms. The van der Waals surface area contributed by atoms with E-state index < -0.39 is 18.2 Å². The van der Waals surface area contributed by atoms with Gasteiger partial charge in [-0.05, 0) is 32.6 Å². The van der Waals surface area contributed by atoms with E-state index in [1.807, 2.05) is 82.4 Å². The molecule has 0 saturated carbocycles. The van der Waals surface area contributed by atoms with Crippen molar-refractivity contribution in [2.45, 2.75) is 167 Å². The number of hydrogen-bond acceptors (Lipinski definition) is 22. The molecule has 10 aliphatic heterocycles. The van der Waals surface area contributed by atoms with Gasteiger partial charge in [0.1, 0.15) is 12.1 Å². The molecule has 10 fully saturated rings. The smallest absolute Gasteiger partial charge is 0.323 e. The molecular formula is C57H107BrN12O14. The number of β-amino-alcohol motifs (C(OH)–C–C–N with tert-alkyl or cyclic N) is 2. The molecule has 10 saturated heterocycles. The Morgan fingerprint density at radius 2 is 1.02 bits per heavy atom. The quantitative estimate of drug-likeness (QED) is 0.110. The summed E-state index contributed by atoms with van der Waals surface area (Å²) in [6, 6.07) is 3.22. The first-order chi connectivity index (χ1) is 39.9. The lowest BCUT2D eigenvalue weighted by molar-refractivity contribution is -0.146. The van der Waals surface area contributed by atoms with E-state index in [1.165, 1.54) is 14.2 Å². The second kappa shape index (κ2) is 44.3. The number of piperazine rings is 4. The molecule has 10 rings (SSSR count). The van der Waals surface area contributed by atoms with Crippen LogP contribution in [0, 0.1) is 22.7 Å². The van der Waals surface area contributed by atoms with Gasteiger partial charge in [0.05, 0.1) is 99.0 Å². The minimum absolute atomic E-state index is 0. The first kappa shape index (κ1) is 79.8. The lowest BCUT2D eigenvalue weighted by Crippen LogP contribution is -2.54. The van der Waals surface area contributed by atoms with Crippen LogP contribution in [-0.4, -0.2) is 311 Å². The van der Waals surface area contributed by atoms with Crippen LogP contribution < -0.4 is 16.0 Å². The largest absolute Gasteiger partial charge is 0.468 e. The van der Waals surface area contributed by atoms with Crippen molar-refractivity contribution in [3.8, 4) is 12.1 Å². The summed E-state index contributed by atoms with van der Waals surface area (Å²) >= 11 is 2.89. The first-order valence-electron chi connectivity index (χ1n) is 29.5. The van der Waals surface area contributed by atoms with Crippen LogP contribution in [0.5, 0.6) is 0 Å². The summed E-state index contributed by atoms with van der Waals surface area (Å²) in [7, 11) is 9.68. The number of carbonyl (C=O) groups excluding carboxylic acids is 6. The van der Waals surface area contributed by atoms with E-state index in [0.29, 0.717) is 50.1 Å². The zero-order valence-corrected chi connectivity index (χ0v) is 53.5. The van der Waals surface area contributed by atoms with Crippen molar-refractivity contribution >= 4 is 51.5 Å². The molecule has 0 radical (unpaired) electrons. The van der Waals surface area contributed by atoms with Crippen molar-refractivity contribution < 1.29 is 67.8 Å². The summed E-state index contributed by atoms with van der Waals surface area (Å²) in [5.74, 6) is 0.112. The van der Waals surface area contributed by atoms with Crippen LogP contribution in [0.25, 0.3) is 0 Å². The van der Waals surface area contributed by atoms with E-state index in [9.17, 15) is 39.0 Å². The number of likely N-dealkylation sites (N-methyl/N-ethyl adjacent to an activating group) is 2.